The van der Waals surface area contributed by atoms with Crippen molar-refractivity contribution in [1.82, 2.24) is 0 Å². The molecule has 0 radical (unpaired) electrons. The van der Waals surface area contributed by atoms with Crippen LogP contribution in [0.5, 0.6) is 11.5 Å². The molecule has 1 aromatic carbocycles. The van der Waals surface area contributed by atoms with Crippen LogP contribution in [0.2, 0.25) is 0 Å². The van der Waals surface area contributed by atoms with Crippen molar-refractivity contribution >= 4 is 0 Å². The predicted molar refractivity (Wildman–Crippen MR) is 68.4 cm³/mol. The molecule has 0 bridgehead atoms. The Bertz CT molecular complexity index is 413. The van der Waals surface area contributed by atoms with E-state index in [0.717, 1.165) is 22.6 Å². The average Bonchev–Trinajstić information content (AvgIpc) is 2.33. The second kappa shape index (κ2) is 5.59. The van der Waals surface area contributed by atoms with Crippen LogP contribution in [-0.2, 0) is 4.74 Å². The van der Waals surface area contributed by atoms with Gasteiger partial charge in [0.2, 0.25) is 0 Å². The Balaban J connectivity index is 2.39. The molecule has 4 nitrogen and oxygen atoms in total. The number of benzene rings is 1. The topological polar surface area (TPSA) is 47.9 Å². The van der Waals surface area contributed by atoms with Gasteiger partial charge in [-0.3, -0.25) is 0 Å². The molecule has 4 heteroatoms. The fraction of sp³-hybridized carbons (Fsp3) is 0.571. The lowest BCUT2D eigenvalue weighted by Crippen LogP contribution is -2.35. The van der Waals surface area contributed by atoms with Gasteiger partial charge in [0.15, 0.2) is 0 Å². The summed E-state index contributed by atoms with van der Waals surface area (Å²) in [5.74, 6) is 2.03. The fourth-order valence-electron chi connectivity index (χ4n) is 2.35. The van der Waals surface area contributed by atoms with E-state index in [0.29, 0.717) is 19.1 Å². The maximum atomic E-state index is 9.62. The van der Waals surface area contributed by atoms with Crippen molar-refractivity contribution in [2.24, 2.45) is 5.92 Å². The molecule has 1 aliphatic rings. The summed E-state index contributed by atoms with van der Waals surface area (Å²) in [5.41, 5.74) is 2.02. The van der Waals surface area contributed by atoms with Gasteiger partial charge in [-0.2, -0.15) is 0 Å². The highest BCUT2D eigenvalue weighted by Crippen LogP contribution is 2.38. The minimum Gasteiger partial charge on any atom is -0.496 e. The van der Waals surface area contributed by atoms with E-state index in [1.165, 1.54) is 0 Å². The Kier molecular flexibility index (Phi) is 4.09. The van der Waals surface area contributed by atoms with Crippen LogP contribution in [0.15, 0.2) is 12.1 Å². The zero-order valence-electron chi connectivity index (χ0n) is 11.1. The second-order valence-corrected chi connectivity index (χ2v) is 4.65. The first-order chi connectivity index (χ1) is 8.71. The Morgan fingerprint density at radius 2 is 1.94 bits per heavy atom. The van der Waals surface area contributed by atoms with Crippen LogP contribution in [0.25, 0.3) is 0 Å². The number of hydrogen-bond donors (Lipinski definition) is 1. The SMILES string of the molecule is COc1cc(C(CO)C2COC2)c(OC)cc1C. The van der Waals surface area contributed by atoms with Crippen LogP contribution in [0.1, 0.15) is 17.0 Å². The van der Waals surface area contributed by atoms with Gasteiger partial charge in [0.1, 0.15) is 11.5 Å². The van der Waals surface area contributed by atoms with Crippen LogP contribution in [0, 0.1) is 12.8 Å². The monoisotopic (exact) mass is 252 g/mol. The van der Waals surface area contributed by atoms with E-state index < -0.39 is 0 Å². The molecule has 1 fully saturated rings. The van der Waals surface area contributed by atoms with Crippen molar-refractivity contribution in [3.8, 4) is 11.5 Å². The maximum Gasteiger partial charge on any atom is 0.122 e. The van der Waals surface area contributed by atoms with Crippen molar-refractivity contribution in [2.75, 3.05) is 34.0 Å². The number of rotatable bonds is 5. The summed E-state index contributed by atoms with van der Waals surface area (Å²) in [6, 6.07) is 3.92. The van der Waals surface area contributed by atoms with Crippen LogP contribution in [0.3, 0.4) is 0 Å². The Labute approximate surface area is 107 Å². The molecule has 0 spiro atoms. The number of hydrogen-bond acceptors (Lipinski definition) is 4. The summed E-state index contributed by atoms with van der Waals surface area (Å²) in [5, 5.41) is 9.62. The van der Waals surface area contributed by atoms with E-state index in [4.69, 9.17) is 14.2 Å². The van der Waals surface area contributed by atoms with Crippen LogP contribution in [0.4, 0.5) is 0 Å². The largest absolute Gasteiger partial charge is 0.496 e. The van der Waals surface area contributed by atoms with Gasteiger partial charge in [-0.1, -0.05) is 0 Å². The van der Waals surface area contributed by atoms with Crippen LogP contribution >= 0.6 is 0 Å². The lowest BCUT2D eigenvalue weighted by atomic mass is 9.84. The summed E-state index contributed by atoms with van der Waals surface area (Å²) in [7, 11) is 3.30. The third-order valence-corrected chi connectivity index (χ3v) is 3.58. The molecule has 2 rings (SSSR count). The summed E-state index contributed by atoms with van der Waals surface area (Å²) in [6.07, 6.45) is 0. The van der Waals surface area contributed by atoms with Gasteiger partial charge in [-0.05, 0) is 24.6 Å². The highest BCUT2D eigenvalue weighted by atomic mass is 16.5. The summed E-state index contributed by atoms with van der Waals surface area (Å²) < 4.78 is 16.0. The molecule has 1 atom stereocenters. The van der Waals surface area contributed by atoms with Gasteiger partial charge in [0.05, 0.1) is 34.0 Å². The Morgan fingerprint density at radius 3 is 2.39 bits per heavy atom. The maximum absolute atomic E-state index is 9.62. The molecule has 1 N–H and O–H groups in total. The van der Waals surface area contributed by atoms with Gasteiger partial charge in [0.25, 0.3) is 0 Å². The molecule has 18 heavy (non-hydrogen) atoms. The number of aliphatic hydroxyl groups is 1. The van der Waals surface area contributed by atoms with E-state index in [1.807, 2.05) is 19.1 Å². The fourth-order valence-corrected chi connectivity index (χ4v) is 2.35. The van der Waals surface area contributed by atoms with Crippen molar-refractivity contribution in [1.29, 1.82) is 0 Å². The van der Waals surface area contributed by atoms with E-state index in [-0.39, 0.29) is 12.5 Å². The quantitative estimate of drug-likeness (QED) is 0.867. The summed E-state index contributed by atoms with van der Waals surface area (Å²) in [6.45, 7) is 3.47. The van der Waals surface area contributed by atoms with Gasteiger partial charge in [0, 0.05) is 17.4 Å². The lowest BCUT2D eigenvalue weighted by Gasteiger charge is -2.33. The molecule has 1 heterocycles. The molecule has 1 aliphatic heterocycles. The first-order valence-corrected chi connectivity index (χ1v) is 6.12. The molecule has 1 unspecified atom stereocenters. The van der Waals surface area contributed by atoms with E-state index in [2.05, 4.69) is 0 Å². The molecule has 100 valence electrons. The van der Waals surface area contributed by atoms with Crippen LogP contribution < -0.4 is 9.47 Å². The minimum atomic E-state index is 0.0446. The van der Waals surface area contributed by atoms with E-state index in [1.54, 1.807) is 14.2 Å². The predicted octanol–water partition coefficient (Wildman–Crippen LogP) is 1.73. The molecule has 0 saturated carbocycles. The van der Waals surface area contributed by atoms with Crippen molar-refractivity contribution < 1.29 is 19.3 Å². The normalized spacial score (nSPS) is 17.1. The number of aryl methyl sites for hydroxylation is 1. The summed E-state index contributed by atoms with van der Waals surface area (Å²) in [4.78, 5) is 0. The van der Waals surface area contributed by atoms with Crippen molar-refractivity contribution in [3.63, 3.8) is 0 Å². The van der Waals surface area contributed by atoms with Crippen LogP contribution in [-0.4, -0.2) is 39.1 Å². The number of ether oxygens (including phenoxy) is 3. The first-order valence-electron chi connectivity index (χ1n) is 6.12. The lowest BCUT2D eigenvalue weighted by molar-refractivity contribution is -0.0530. The Morgan fingerprint density at radius 1 is 1.28 bits per heavy atom. The molecule has 1 saturated heterocycles. The van der Waals surface area contributed by atoms with Crippen molar-refractivity contribution in [3.05, 3.63) is 23.3 Å². The van der Waals surface area contributed by atoms with Gasteiger partial charge in [-0.25, -0.2) is 0 Å². The van der Waals surface area contributed by atoms with Crippen molar-refractivity contribution in [2.45, 2.75) is 12.8 Å². The van der Waals surface area contributed by atoms with E-state index >= 15 is 0 Å². The first kappa shape index (κ1) is 13.2. The zero-order chi connectivity index (χ0) is 13.1. The standard InChI is InChI=1S/C14H20O4/c1-9-4-14(17-3)11(5-13(9)16-2)12(6-15)10-7-18-8-10/h4-5,10,12,15H,6-8H2,1-3H3. The summed E-state index contributed by atoms with van der Waals surface area (Å²) >= 11 is 0. The molecule has 0 aromatic heterocycles. The average molecular weight is 252 g/mol. The molecular formula is C14H20O4. The highest BCUT2D eigenvalue weighted by molar-refractivity contribution is 5.48. The van der Waals surface area contributed by atoms with E-state index in [9.17, 15) is 5.11 Å². The smallest absolute Gasteiger partial charge is 0.122 e. The Hall–Kier alpha value is -1.26. The minimum absolute atomic E-state index is 0.0446. The van der Waals surface area contributed by atoms with Gasteiger partial charge >= 0.3 is 0 Å². The molecule has 0 aliphatic carbocycles. The van der Waals surface area contributed by atoms with Gasteiger partial charge < -0.3 is 19.3 Å². The third kappa shape index (κ3) is 2.31. The highest BCUT2D eigenvalue weighted by Gasteiger charge is 2.31. The van der Waals surface area contributed by atoms with Gasteiger partial charge in [-0.15, -0.1) is 0 Å². The molecule has 0 amide bonds. The number of aliphatic hydroxyl groups excluding tert-OH is 1. The molecule has 1 aromatic rings. The third-order valence-electron chi connectivity index (χ3n) is 3.58. The zero-order valence-corrected chi connectivity index (χ0v) is 11.1. The molecular weight excluding hydrogens is 232 g/mol. The second-order valence-electron chi connectivity index (χ2n) is 4.65. The number of methoxy groups -OCH3 is 2.